The average molecular weight is 302 g/mol. The topological polar surface area (TPSA) is 50.2 Å². The third-order valence-electron chi connectivity index (χ3n) is 5.59. The van der Waals surface area contributed by atoms with Gasteiger partial charge >= 0.3 is 6.03 Å². The van der Waals surface area contributed by atoms with Crippen molar-refractivity contribution in [1.29, 1.82) is 0 Å². The van der Waals surface area contributed by atoms with Crippen molar-refractivity contribution in [2.24, 2.45) is 0 Å². The molecular formula is C17H26N4O. The van der Waals surface area contributed by atoms with Crippen LogP contribution in [0.1, 0.15) is 63.4 Å². The molecular weight excluding hydrogens is 276 g/mol. The summed E-state index contributed by atoms with van der Waals surface area (Å²) >= 11 is 0. The van der Waals surface area contributed by atoms with Crippen LogP contribution >= 0.6 is 0 Å². The third kappa shape index (κ3) is 2.22. The molecule has 5 nitrogen and oxygen atoms in total. The van der Waals surface area contributed by atoms with Gasteiger partial charge in [0, 0.05) is 48.9 Å². The monoisotopic (exact) mass is 302 g/mol. The lowest BCUT2D eigenvalue weighted by Crippen LogP contribution is -2.49. The van der Waals surface area contributed by atoms with Crippen molar-refractivity contribution in [2.75, 3.05) is 13.1 Å². The van der Waals surface area contributed by atoms with Crippen LogP contribution in [0, 0.1) is 0 Å². The first-order chi connectivity index (χ1) is 10.6. The van der Waals surface area contributed by atoms with Gasteiger partial charge in [0.2, 0.25) is 0 Å². The summed E-state index contributed by atoms with van der Waals surface area (Å²) in [4.78, 5) is 18.9. The first-order valence-electron chi connectivity index (χ1n) is 8.70. The molecule has 1 aromatic rings. The van der Waals surface area contributed by atoms with Gasteiger partial charge < -0.3 is 14.8 Å². The summed E-state index contributed by atoms with van der Waals surface area (Å²) < 4.78 is 2.49. The van der Waals surface area contributed by atoms with Crippen LogP contribution in [0.4, 0.5) is 4.79 Å². The number of carbonyl (C=O) groups is 1. The van der Waals surface area contributed by atoms with Crippen molar-refractivity contribution in [3.63, 3.8) is 0 Å². The molecule has 1 aromatic heterocycles. The van der Waals surface area contributed by atoms with Crippen molar-refractivity contribution in [1.82, 2.24) is 19.8 Å². The quantitative estimate of drug-likeness (QED) is 0.913. The Kier molecular flexibility index (Phi) is 3.20. The lowest BCUT2D eigenvalue weighted by Gasteiger charge is -2.38. The van der Waals surface area contributed by atoms with E-state index in [0.717, 1.165) is 38.4 Å². The molecule has 0 aromatic carbocycles. The molecule has 3 heterocycles. The Bertz CT molecular complexity index is 579. The number of imidazole rings is 1. The number of piperidine rings is 1. The highest BCUT2D eigenvalue weighted by Crippen LogP contribution is 2.47. The molecule has 0 unspecified atom stereocenters. The van der Waals surface area contributed by atoms with Crippen LogP contribution in [0.2, 0.25) is 0 Å². The molecule has 1 saturated carbocycles. The molecule has 22 heavy (non-hydrogen) atoms. The Morgan fingerprint density at radius 1 is 1.27 bits per heavy atom. The summed E-state index contributed by atoms with van der Waals surface area (Å²) in [7, 11) is 0. The van der Waals surface area contributed by atoms with Gasteiger partial charge in [0.05, 0.1) is 0 Å². The number of carbonyl (C=O) groups excluding carboxylic acids is 1. The minimum Gasteiger partial charge on any atom is -0.336 e. The van der Waals surface area contributed by atoms with Gasteiger partial charge in [-0.3, -0.25) is 0 Å². The second-order valence-electron chi connectivity index (χ2n) is 7.55. The molecule has 0 bridgehead atoms. The molecule has 1 N–H and O–H groups in total. The Morgan fingerprint density at radius 2 is 1.95 bits per heavy atom. The fourth-order valence-electron chi connectivity index (χ4n) is 4.14. The first-order valence-corrected chi connectivity index (χ1v) is 8.70. The van der Waals surface area contributed by atoms with E-state index in [1.807, 2.05) is 18.7 Å². The number of hydrogen-bond donors (Lipinski definition) is 1. The van der Waals surface area contributed by atoms with E-state index in [0.29, 0.717) is 0 Å². The van der Waals surface area contributed by atoms with E-state index >= 15 is 0 Å². The van der Waals surface area contributed by atoms with Gasteiger partial charge in [-0.1, -0.05) is 0 Å². The molecule has 3 aliphatic rings. The van der Waals surface area contributed by atoms with Crippen LogP contribution in [0.5, 0.6) is 0 Å². The number of fused-ring (bicyclic) bond motifs is 2. The zero-order valence-corrected chi connectivity index (χ0v) is 13.6. The van der Waals surface area contributed by atoms with Crippen molar-refractivity contribution < 1.29 is 4.79 Å². The third-order valence-corrected chi connectivity index (χ3v) is 5.59. The Hall–Kier alpha value is -1.52. The smallest absolute Gasteiger partial charge is 0.317 e. The molecule has 1 saturated heterocycles. The van der Waals surface area contributed by atoms with E-state index in [2.05, 4.69) is 16.1 Å². The maximum atomic E-state index is 12.2. The number of aromatic nitrogens is 2. The van der Waals surface area contributed by atoms with Crippen LogP contribution in [-0.2, 0) is 12.0 Å². The average Bonchev–Trinajstić information content (AvgIpc) is 3.14. The van der Waals surface area contributed by atoms with Gasteiger partial charge in [-0.25, -0.2) is 9.78 Å². The van der Waals surface area contributed by atoms with Gasteiger partial charge in [-0.05, 0) is 46.0 Å². The highest BCUT2D eigenvalue weighted by Gasteiger charge is 2.45. The van der Waals surface area contributed by atoms with Crippen molar-refractivity contribution in [3.05, 3.63) is 17.7 Å². The normalized spacial score (nSPS) is 23.1. The molecule has 2 aliphatic heterocycles. The lowest BCUT2D eigenvalue weighted by atomic mass is 9.77. The largest absolute Gasteiger partial charge is 0.336 e. The minimum atomic E-state index is 0.0878. The number of nitrogens with zero attached hydrogens (tertiary/aromatic N) is 3. The number of amides is 2. The summed E-state index contributed by atoms with van der Waals surface area (Å²) in [5.41, 5.74) is 1.69. The highest BCUT2D eigenvalue weighted by atomic mass is 16.2. The maximum absolute atomic E-state index is 12.2. The lowest BCUT2D eigenvalue weighted by molar-refractivity contribution is 0.154. The summed E-state index contributed by atoms with van der Waals surface area (Å²) in [6.07, 6.45) is 8.10. The molecule has 120 valence electrons. The van der Waals surface area contributed by atoms with Crippen molar-refractivity contribution in [3.8, 4) is 0 Å². The molecule has 1 aliphatic carbocycles. The van der Waals surface area contributed by atoms with E-state index in [-0.39, 0.29) is 17.5 Å². The summed E-state index contributed by atoms with van der Waals surface area (Å²) in [5, 5.41) is 3.00. The Morgan fingerprint density at radius 3 is 2.59 bits per heavy atom. The summed E-state index contributed by atoms with van der Waals surface area (Å²) in [6.45, 7) is 6.85. The Balaban J connectivity index is 1.47. The van der Waals surface area contributed by atoms with Crippen LogP contribution in [-0.4, -0.2) is 39.6 Å². The van der Waals surface area contributed by atoms with Crippen LogP contribution < -0.4 is 5.32 Å². The van der Waals surface area contributed by atoms with Crippen LogP contribution in [0.3, 0.4) is 0 Å². The van der Waals surface area contributed by atoms with Gasteiger partial charge in [0.1, 0.15) is 5.82 Å². The fraction of sp³-hybridized carbons (Fsp3) is 0.765. The van der Waals surface area contributed by atoms with Gasteiger partial charge in [0.25, 0.3) is 0 Å². The molecule has 2 fully saturated rings. The van der Waals surface area contributed by atoms with E-state index in [1.54, 1.807) is 0 Å². The standard InChI is InChI=1S/C17H26N4O/c1-12(2)19-16(22)20-8-5-17(6-9-20)7-10-21-14(13-3-4-13)11-18-15(17)21/h11-13H,3-10H2,1-2H3,(H,19,22). The van der Waals surface area contributed by atoms with Gasteiger partial charge in [-0.2, -0.15) is 0 Å². The van der Waals surface area contributed by atoms with E-state index in [1.165, 1.54) is 30.8 Å². The summed E-state index contributed by atoms with van der Waals surface area (Å²) in [5.74, 6) is 2.08. The zero-order chi connectivity index (χ0) is 15.3. The first kappa shape index (κ1) is 14.1. The van der Waals surface area contributed by atoms with E-state index in [9.17, 15) is 4.79 Å². The predicted octanol–water partition coefficient (Wildman–Crippen LogP) is 2.62. The van der Waals surface area contributed by atoms with Crippen LogP contribution in [0.15, 0.2) is 6.20 Å². The zero-order valence-electron chi connectivity index (χ0n) is 13.6. The second kappa shape index (κ2) is 5.00. The van der Waals surface area contributed by atoms with Crippen LogP contribution in [0.25, 0.3) is 0 Å². The molecule has 5 heteroatoms. The van der Waals surface area contributed by atoms with E-state index < -0.39 is 0 Å². The molecule has 4 rings (SSSR count). The number of likely N-dealkylation sites (tertiary alicyclic amines) is 1. The number of hydrogen-bond acceptors (Lipinski definition) is 2. The molecule has 0 atom stereocenters. The number of rotatable bonds is 2. The highest BCUT2D eigenvalue weighted by molar-refractivity contribution is 5.74. The fourth-order valence-corrected chi connectivity index (χ4v) is 4.14. The molecule has 1 spiro atoms. The SMILES string of the molecule is CC(C)NC(=O)N1CCC2(CC1)CCn1c(C3CC3)cnc12. The maximum Gasteiger partial charge on any atom is 0.317 e. The molecule has 0 radical (unpaired) electrons. The predicted molar refractivity (Wildman–Crippen MR) is 85.0 cm³/mol. The molecule has 2 amide bonds. The Labute approximate surface area is 132 Å². The van der Waals surface area contributed by atoms with Crippen molar-refractivity contribution in [2.45, 2.75) is 69.9 Å². The summed E-state index contributed by atoms with van der Waals surface area (Å²) in [6, 6.07) is 0.291. The second-order valence-corrected chi connectivity index (χ2v) is 7.55. The number of nitrogens with one attached hydrogen (secondary N) is 1. The number of urea groups is 1. The van der Waals surface area contributed by atoms with Crippen molar-refractivity contribution >= 4 is 6.03 Å². The van der Waals surface area contributed by atoms with Gasteiger partial charge in [0.15, 0.2) is 0 Å². The van der Waals surface area contributed by atoms with E-state index in [4.69, 9.17) is 4.98 Å². The van der Waals surface area contributed by atoms with Gasteiger partial charge in [-0.15, -0.1) is 0 Å². The minimum absolute atomic E-state index is 0.0878.